The molecule has 2 rings (SSSR count). The van der Waals surface area contributed by atoms with Gasteiger partial charge in [0.25, 0.3) is 0 Å². The Morgan fingerprint density at radius 3 is 2.81 bits per heavy atom. The van der Waals surface area contributed by atoms with Gasteiger partial charge in [-0.05, 0) is 32.2 Å². The minimum atomic E-state index is 0.499. The van der Waals surface area contributed by atoms with E-state index in [4.69, 9.17) is 0 Å². The van der Waals surface area contributed by atoms with E-state index in [2.05, 4.69) is 30.5 Å². The molecule has 1 unspecified atom stereocenters. The van der Waals surface area contributed by atoms with Crippen molar-refractivity contribution in [2.75, 3.05) is 6.54 Å². The monoisotopic (exact) mass is 221 g/mol. The highest BCUT2D eigenvalue weighted by atomic mass is 15.3. The van der Waals surface area contributed by atoms with Gasteiger partial charge in [0, 0.05) is 24.8 Å². The Morgan fingerprint density at radius 2 is 2.31 bits per heavy atom. The molecular formula is C13H23N3. The molecule has 0 amide bonds. The average Bonchev–Trinajstić information content (AvgIpc) is 2.99. The zero-order valence-electron chi connectivity index (χ0n) is 10.7. The predicted octanol–water partition coefficient (Wildman–Crippen LogP) is 2.57. The smallest absolute Gasteiger partial charge is 0.0641 e. The summed E-state index contributed by atoms with van der Waals surface area (Å²) < 4.78 is 1.92. The van der Waals surface area contributed by atoms with Crippen LogP contribution < -0.4 is 5.32 Å². The average molecular weight is 221 g/mol. The fourth-order valence-electron chi connectivity index (χ4n) is 2.38. The van der Waals surface area contributed by atoms with Crippen LogP contribution in [0.25, 0.3) is 0 Å². The maximum atomic E-state index is 4.43. The highest BCUT2D eigenvalue weighted by Crippen LogP contribution is 2.36. The van der Waals surface area contributed by atoms with Gasteiger partial charge in [-0.15, -0.1) is 0 Å². The third kappa shape index (κ3) is 2.85. The lowest BCUT2D eigenvalue weighted by molar-refractivity contribution is 0.480. The molecule has 1 heterocycles. The van der Waals surface area contributed by atoms with E-state index in [0.717, 1.165) is 12.5 Å². The Morgan fingerprint density at radius 1 is 1.56 bits per heavy atom. The maximum Gasteiger partial charge on any atom is 0.0641 e. The van der Waals surface area contributed by atoms with Crippen molar-refractivity contribution in [3.8, 4) is 0 Å². The van der Waals surface area contributed by atoms with Crippen LogP contribution in [0.1, 0.15) is 49.9 Å². The van der Waals surface area contributed by atoms with Crippen molar-refractivity contribution in [1.29, 1.82) is 0 Å². The summed E-state index contributed by atoms with van der Waals surface area (Å²) in [6.45, 7) is 5.32. The summed E-state index contributed by atoms with van der Waals surface area (Å²) in [7, 11) is 2.00. The lowest BCUT2D eigenvalue weighted by Crippen LogP contribution is -2.21. The first-order chi connectivity index (χ1) is 7.70. The van der Waals surface area contributed by atoms with Crippen molar-refractivity contribution in [1.82, 2.24) is 15.1 Å². The topological polar surface area (TPSA) is 29.9 Å². The Labute approximate surface area is 98.2 Å². The molecule has 1 fully saturated rings. The molecule has 0 radical (unpaired) electrons. The fourth-order valence-corrected chi connectivity index (χ4v) is 2.38. The van der Waals surface area contributed by atoms with Gasteiger partial charge in [0.2, 0.25) is 0 Å². The van der Waals surface area contributed by atoms with Crippen LogP contribution in [-0.2, 0) is 7.05 Å². The maximum absolute atomic E-state index is 4.43. The van der Waals surface area contributed by atoms with Gasteiger partial charge in [0.1, 0.15) is 0 Å². The van der Waals surface area contributed by atoms with Crippen LogP contribution in [0.15, 0.2) is 6.20 Å². The van der Waals surface area contributed by atoms with Crippen molar-refractivity contribution in [2.24, 2.45) is 13.0 Å². The van der Waals surface area contributed by atoms with Crippen molar-refractivity contribution in [3.05, 3.63) is 17.5 Å². The Kier molecular flexibility index (Phi) is 3.64. The van der Waals surface area contributed by atoms with E-state index in [0.29, 0.717) is 6.04 Å². The van der Waals surface area contributed by atoms with Crippen LogP contribution in [-0.4, -0.2) is 16.3 Å². The number of hydrogen-bond donors (Lipinski definition) is 1. The summed E-state index contributed by atoms with van der Waals surface area (Å²) in [5.41, 5.74) is 2.55. The first-order valence-electron chi connectivity index (χ1n) is 6.44. The largest absolute Gasteiger partial charge is 0.310 e. The Balaban J connectivity index is 2.01. The van der Waals surface area contributed by atoms with Gasteiger partial charge < -0.3 is 5.32 Å². The summed E-state index contributed by atoms with van der Waals surface area (Å²) in [4.78, 5) is 0. The highest BCUT2D eigenvalue weighted by molar-refractivity contribution is 5.20. The molecule has 16 heavy (non-hydrogen) atoms. The zero-order chi connectivity index (χ0) is 11.5. The van der Waals surface area contributed by atoms with Crippen LogP contribution in [0, 0.1) is 12.8 Å². The molecule has 3 heteroatoms. The Bertz CT molecular complexity index is 339. The van der Waals surface area contributed by atoms with E-state index in [1.165, 1.54) is 36.9 Å². The molecule has 0 aromatic carbocycles. The van der Waals surface area contributed by atoms with Gasteiger partial charge in [-0.25, -0.2) is 0 Å². The van der Waals surface area contributed by atoms with E-state index in [9.17, 15) is 0 Å². The summed E-state index contributed by atoms with van der Waals surface area (Å²) in [5.74, 6) is 1.01. The fraction of sp³-hybridized carbons (Fsp3) is 0.769. The quantitative estimate of drug-likeness (QED) is 0.800. The number of nitrogens with zero attached hydrogens (tertiary/aromatic N) is 2. The van der Waals surface area contributed by atoms with Gasteiger partial charge in [-0.1, -0.05) is 19.8 Å². The van der Waals surface area contributed by atoms with Crippen LogP contribution in [0.4, 0.5) is 0 Å². The molecule has 1 aromatic heterocycles. The van der Waals surface area contributed by atoms with E-state index >= 15 is 0 Å². The first kappa shape index (κ1) is 11.6. The van der Waals surface area contributed by atoms with Crippen molar-refractivity contribution in [2.45, 2.75) is 45.6 Å². The van der Waals surface area contributed by atoms with Gasteiger partial charge >= 0.3 is 0 Å². The minimum absolute atomic E-state index is 0.499. The molecule has 1 atom stereocenters. The summed E-state index contributed by atoms with van der Waals surface area (Å²) in [5, 5.41) is 8.02. The molecule has 3 nitrogen and oxygen atoms in total. The van der Waals surface area contributed by atoms with E-state index in [1.807, 2.05) is 11.7 Å². The molecule has 1 aromatic rings. The third-order valence-corrected chi connectivity index (χ3v) is 3.44. The normalized spacial score (nSPS) is 17.7. The second-order valence-corrected chi connectivity index (χ2v) is 4.97. The zero-order valence-corrected chi connectivity index (χ0v) is 10.7. The van der Waals surface area contributed by atoms with Crippen molar-refractivity contribution in [3.63, 3.8) is 0 Å². The standard InChI is InChI=1S/C13H23N3/c1-4-14-13(8-7-11-5-6-11)12-9-16(3)15-10(12)2/h9,11,13-14H,4-8H2,1-3H3. The second-order valence-electron chi connectivity index (χ2n) is 4.97. The van der Waals surface area contributed by atoms with Crippen LogP contribution >= 0.6 is 0 Å². The van der Waals surface area contributed by atoms with Crippen LogP contribution in [0.3, 0.4) is 0 Å². The Hall–Kier alpha value is -0.830. The van der Waals surface area contributed by atoms with Gasteiger partial charge in [-0.3, -0.25) is 4.68 Å². The molecule has 1 saturated carbocycles. The minimum Gasteiger partial charge on any atom is -0.310 e. The number of nitrogens with one attached hydrogen (secondary N) is 1. The third-order valence-electron chi connectivity index (χ3n) is 3.44. The SMILES string of the molecule is CCNC(CCC1CC1)c1cn(C)nc1C. The number of hydrogen-bond acceptors (Lipinski definition) is 2. The number of aryl methyl sites for hydroxylation is 2. The molecule has 1 aliphatic carbocycles. The lowest BCUT2D eigenvalue weighted by Gasteiger charge is -2.17. The molecule has 1 aliphatic rings. The second kappa shape index (κ2) is 5.00. The summed E-state index contributed by atoms with van der Waals surface area (Å²) in [6.07, 6.45) is 7.68. The van der Waals surface area contributed by atoms with Crippen LogP contribution in [0.2, 0.25) is 0 Å². The predicted molar refractivity (Wildman–Crippen MR) is 66.3 cm³/mol. The van der Waals surface area contributed by atoms with E-state index < -0.39 is 0 Å². The van der Waals surface area contributed by atoms with Crippen LogP contribution in [0.5, 0.6) is 0 Å². The molecule has 1 N–H and O–H groups in total. The number of aromatic nitrogens is 2. The number of rotatable bonds is 6. The van der Waals surface area contributed by atoms with E-state index in [-0.39, 0.29) is 0 Å². The van der Waals surface area contributed by atoms with E-state index in [1.54, 1.807) is 0 Å². The molecule has 90 valence electrons. The molecule has 0 spiro atoms. The first-order valence-corrected chi connectivity index (χ1v) is 6.44. The van der Waals surface area contributed by atoms with Gasteiger partial charge in [0.05, 0.1) is 5.69 Å². The summed E-state index contributed by atoms with van der Waals surface area (Å²) >= 11 is 0. The van der Waals surface area contributed by atoms with Gasteiger partial charge in [0.15, 0.2) is 0 Å². The molecule has 0 bridgehead atoms. The highest BCUT2D eigenvalue weighted by Gasteiger charge is 2.24. The molecule has 0 saturated heterocycles. The van der Waals surface area contributed by atoms with Gasteiger partial charge in [-0.2, -0.15) is 5.10 Å². The van der Waals surface area contributed by atoms with Crippen molar-refractivity contribution >= 4 is 0 Å². The lowest BCUT2D eigenvalue weighted by atomic mass is 10.0. The van der Waals surface area contributed by atoms with Crippen molar-refractivity contribution < 1.29 is 0 Å². The molecular weight excluding hydrogens is 198 g/mol. The summed E-state index contributed by atoms with van der Waals surface area (Å²) in [6, 6.07) is 0.499. The molecule has 0 aliphatic heterocycles.